The molecule has 3 aromatic heterocycles. The van der Waals surface area contributed by atoms with E-state index in [1.807, 2.05) is 6.07 Å². The molecule has 3 heterocycles. The summed E-state index contributed by atoms with van der Waals surface area (Å²) in [6, 6.07) is 39.0. The predicted octanol–water partition coefficient (Wildman–Crippen LogP) is 8.23. The van der Waals surface area contributed by atoms with E-state index < -0.39 is 0 Å². The molecule has 3 heteroatoms. The van der Waals surface area contributed by atoms with Crippen molar-refractivity contribution < 1.29 is 4.42 Å². The van der Waals surface area contributed by atoms with Crippen molar-refractivity contribution in [2.75, 3.05) is 0 Å². The Morgan fingerprint density at radius 3 is 2.02 bits per heavy atom. The van der Waals surface area contributed by atoms with Crippen LogP contribution in [-0.4, -0.2) is 9.13 Å². The molecular weight excluding hydrogens is 488 g/mol. The van der Waals surface area contributed by atoms with Crippen molar-refractivity contribution in [3.8, 4) is 11.4 Å². The monoisotopic (exact) mass is 514 g/mol. The predicted molar refractivity (Wildman–Crippen MR) is 167 cm³/mol. The standard InChI is InChI=1S/C37H26N2O/c1-23-16-19-30-29(22-23)34-31(38(30)24-10-4-2-5-11-24)20-17-26-27-18-21-33-35(28-14-8-9-15-32(28)40-33)37(27)39(36(26)34)25-12-6-3-7-13-25/h2-15,17-23H,16H2,1H3. The average molecular weight is 515 g/mol. The number of rotatable bonds is 2. The summed E-state index contributed by atoms with van der Waals surface area (Å²) in [5.74, 6) is 0.483. The minimum Gasteiger partial charge on any atom is -0.456 e. The van der Waals surface area contributed by atoms with Crippen molar-refractivity contribution in [2.24, 2.45) is 5.92 Å². The van der Waals surface area contributed by atoms with E-state index in [0.29, 0.717) is 5.92 Å². The van der Waals surface area contributed by atoms with E-state index in [-0.39, 0.29) is 0 Å². The molecule has 1 aliphatic rings. The van der Waals surface area contributed by atoms with Gasteiger partial charge in [-0.3, -0.25) is 0 Å². The summed E-state index contributed by atoms with van der Waals surface area (Å²) in [4.78, 5) is 0. The summed E-state index contributed by atoms with van der Waals surface area (Å²) in [6.45, 7) is 2.32. The maximum Gasteiger partial charge on any atom is 0.137 e. The van der Waals surface area contributed by atoms with Gasteiger partial charge in [0, 0.05) is 43.5 Å². The van der Waals surface area contributed by atoms with Gasteiger partial charge >= 0.3 is 0 Å². The van der Waals surface area contributed by atoms with Crippen LogP contribution in [0.1, 0.15) is 13.3 Å². The Balaban J connectivity index is 1.60. The third-order valence-electron chi connectivity index (χ3n) is 8.60. The molecule has 0 fully saturated rings. The molecule has 8 aromatic rings. The molecule has 1 aliphatic carbocycles. The highest BCUT2D eigenvalue weighted by atomic mass is 16.3. The Morgan fingerprint density at radius 1 is 0.600 bits per heavy atom. The average Bonchev–Trinajstić information content (AvgIpc) is 3.65. The van der Waals surface area contributed by atoms with Gasteiger partial charge < -0.3 is 13.6 Å². The zero-order chi connectivity index (χ0) is 26.4. The molecule has 3 nitrogen and oxygen atoms in total. The Morgan fingerprint density at radius 2 is 1.25 bits per heavy atom. The van der Waals surface area contributed by atoms with Gasteiger partial charge in [-0.15, -0.1) is 0 Å². The number of fused-ring (bicyclic) bond motifs is 11. The molecule has 1 unspecified atom stereocenters. The molecule has 5 aromatic carbocycles. The molecular formula is C37H26N2O. The van der Waals surface area contributed by atoms with Crippen molar-refractivity contribution in [1.29, 1.82) is 0 Å². The number of furan rings is 1. The Labute approximate surface area is 230 Å². The Kier molecular flexibility index (Phi) is 4.37. The van der Waals surface area contributed by atoms with Gasteiger partial charge in [0.25, 0.3) is 0 Å². The van der Waals surface area contributed by atoms with E-state index >= 15 is 0 Å². The van der Waals surface area contributed by atoms with Gasteiger partial charge in [0.2, 0.25) is 0 Å². The smallest absolute Gasteiger partial charge is 0.137 e. The second kappa shape index (κ2) is 8.00. The van der Waals surface area contributed by atoms with Crippen LogP contribution >= 0.6 is 0 Å². The largest absolute Gasteiger partial charge is 0.456 e. The number of aromatic nitrogens is 2. The molecule has 1 atom stereocenters. The fourth-order valence-electron chi connectivity index (χ4n) is 6.93. The zero-order valence-electron chi connectivity index (χ0n) is 22.1. The third kappa shape index (κ3) is 2.84. The molecule has 0 aliphatic heterocycles. The van der Waals surface area contributed by atoms with Crippen molar-refractivity contribution in [3.05, 3.63) is 120 Å². The van der Waals surface area contributed by atoms with Gasteiger partial charge in [-0.25, -0.2) is 0 Å². The molecule has 9 rings (SSSR count). The highest BCUT2D eigenvalue weighted by Gasteiger charge is 2.23. The molecule has 40 heavy (non-hydrogen) atoms. The first-order valence-electron chi connectivity index (χ1n) is 14.0. The van der Waals surface area contributed by atoms with Crippen LogP contribution in [0.3, 0.4) is 0 Å². The van der Waals surface area contributed by atoms with Crippen LogP contribution in [0.25, 0.3) is 78.2 Å². The first kappa shape index (κ1) is 21.9. The zero-order valence-corrected chi connectivity index (χ0v) is 22.1. The lowest BCUT2D eigenvalue weighted by molar-refractivity contribution is 0.669. The van der Waals surface area contributed by atoms with Gasteiger partial charge in [0.05, 0.1) is 21.9 Å². The third-order valence-corrected chi connectivity index (χ3v) is 8.60. The van der Waals surface area contributed by atoms with E-state index in [2.05, 4.69) is 131 Å². The molecule has 0 N–H and O–H groups in total. The number of hydrogen-bond acceptors (Lipinski definition) is 1. The van der Waals surface area contributed by atoms with Crippen molar-refractivity contribution >= 4 is 66.8 Å². The maximum atomic E-state index is 6.37. The second-order valence-corrected chi connectivity index (χ2v) is 11.0. The summed E-state index contributed by atoms with van der Waals surface area (Å²) >= 11 is 0. The molecule has 190 valence electrons. The fraction of sp³-hybridized carbons (Fsp3) is 0.0811. The normalized spacial score (nSPS) is 15.2. The first-order valence-corrected chi connectivity index (χ1v) is 14.0. The number of hydrogen-bond donors (Lipinski definition) is 0. The van der Waals surface area contributed by atoms with Crippen LogP contribution in [0.4, 0.5) is 0 Å². The SMILES string of the molecule is CC1C=c2c(n(-c3ccccc3)c3ccc4c5ccc6oc7ccccc7c6c5n(-c5ccccc5)c4c23)=CC1. The van der Waals surface area contributed by atoms with Crippen molar-refractivity contribution in [2.45, 2.75) is 13.3 Å². The van der Waals surface area contributed by atoms with Gasteiger partial charge in [-0.1, -0.05) is 79.7 Å². The summed E-state index contributed by atoms with van der Waals surface area (Å²) in [5, 5.41) is 8.75. The van der Waals surface area contributed by atoms with Gasteiger partial charge in [0.15, 0.2) is 0 Å². The lowest BCUT2D eigenvalue weighted by Gasteiger charge is -2.10. The quantitative estimate of drug-likeness (QED) is 0.228. The van der Waals surface area contributed by atoms with Crippen molar-refractivity contribution in [1.82, 2.24) is 9.13 Å². The molecule has 0 radical (unpaired) electrons. The summed E-state index contributed by atoms with van der Waals surface area (Å²) in [7, 11) is 0. The maximum absolute atomic E-state index is 6.37. The van der Waals surface area contributed by atoms with Gasteiger partial charge in [-0.05, 0) is 60.9 Å². The van der Waals surface area contributed by atoms with Gasteiger partial charge in [0.1, 0.15) is 11.2 Å². The van der Waals surface area contributed by atoms with E-state index in [9.17, 15) is 0 Å². The van der Waals surface area contributed by atoms with E-state index in [1.54, 1.807) is 0 Å². The summed E-state index contributed by atoms with van der Waals surface area (Å²) in [6.07, 6.45) is 5.95. The van der Waals surface area contributed by atoms with E-state index in [1.165, 1.54) is 54.4 Å². The number of para-hydroxylation sites is 3. The lowest BCUT2D eigenvalue weighted by atomic mass is 10.00. The minimum atomic E-state index is 0.483. The Hall–Kier alpha value is -5.02. The fourth-order valence-corrected chi connectivity index (χ4v) is 6.93. The number of nitrogens with zero attached hydrogens (tertiary/aromatic N) is 2. The lowest BCUT2D eigenvalue weighted by Crippen LogP contribution is -2.31. The van der Waals surface area contributed by atoms with Crippen LogP contribution in [0.5, 0.6) is 0 Å². The van der Waals surface area contributed by atoms with Crippen LogP contribution in [0.2, 0.25) is 0 Å². The summed E-state index contributed by atoms with van der Waals surface area (Å²) in [5.41, 5.74) is 7.87. The molecule has 0 amide bonds. The molecule has 0 spiro atoms. The summed E-state index contributed by atoms with van der Waals surface area (Å²) < 4.78 is 11.3. The first-order chi connectivity index (χ1) is 19.8. The number of benzene rings is 5. The molecule has 0 saturated carbocycles. The highest BCUT2D eigenvalue weighted by molar-refractivity contribution is 6.27. The van der Waals surface area contributed by atoms with E-state index in [0.717, 1.165) is 28.7 Å². The van der Waals surface area contributed by atoms with Crippen LogP contribution in [-0.2, 0) is 0 Å². The molecule has 0 bridgehead atoms. The second-order valence-electron chi connectivity index (χ2n) is 11.0. The van der Waals surface area contributed by atoms with Crippen LogP contribution in [0, 0.1) is 5.92 Å². The highest BCUT2D eigenvalue weighted by Crippen LogP contribution is 2.42. The topological polar surface area (TPSA) is 23.0 Å². The van der Waals surface area contributed by atoms with Crippen LogP contribution < -0.4 is 10.6 Å². The minimum absolute atomic E-state index is 0.483. The van der Waals surface area contributed by atoms with E-state index in [4.69, 9.17) is 4.42 Å². The van der Waals surface area contributed by atoms with Gasteiger partial charge in [-0.2, -0.15) is 0 Å². The van der Waals surface area contributed by atoms with Crippen LogP contribution in [0.15, 0.2) is 114 Å². The van der Waals surface area contributed by atoms with Crippen molar-refractivity contribution in [3.63, 3.8) is 0 Å². The Bertz CT molecular complexity index is 2400. The molecule has 0 saturated heterocycles.